The molecule has 0 bridgehead atoms. The van der Waals surface area contributed by atoms with Crippen molar-refractivity contribution in [3.8, 4) is 0 Å². The summed E-state index contributed by atoms with van der Waals surface area (Å²) in [5.41, 5.74) is 5.22. The monoisotopic (exact) mass is 172 g/mol. The van der Waals surface area contributed by atoms with Gasteiger partial charge < -0.3 is 10.8 Å². The molecule has 0 aromatic heterocycles. The molecule has 12 heavy (non-hydrogen) atoms. The molecular formula is C9H20N2O. The van der Waals surface area contributed by atoms with Gasteiger partial charge in [-0.15, -0.1) is 0 Å². The van der Waals surface area contributed by atoms with Gasteiger partial charge in [-0.25, -0.2) is 0 Å². The average Bonchev–Trinajstić information content (AvgIpc) is 1.96. The topological polar surface area (TPSA) is 70.1 Å². The van der Waals surface area contributed by atoms with E-state index in [1.807, 2.05) is 0 Å². The van der Waals surface area contributed by atoms with Gasteiger partial charge in [0.1, 0.15) is 0 Å². The highest BCUT2D eigenvalue weighted by molar-refractivity contribution is 5.76. The second-order valence-electron chi connectivity index (χ2n) is 3.60. The van der Waals surface area contributed by atoms with Crippen LogP contribution in [0.2, 0.25) is 0 Å². The fourth-order valence-electron chi connectivity index (χ4n) is 1.19. The minimum Gasteiger partial charge on any atom is -0.396 e. The highest BCUT2D eigenvalue weighted by Crippen LogP contribution is 2.16. The predicted octanol–water partition coefficient (Wildman–Crippen LogP) is 1.36. The Kier molecular flexibility index (Phi) is 5.72. The molecule has 0 aliphatic rings. The van der Waals surface area contributed by atoms with E-state index in [1.165, 1.54) is 0 Å². The lowest BCUT2D eigenvalue weighted by Crippen LogP contribution is -2.15. The summed E-state index contributed by atoms with van der Waals surface area (Å²) in [5.74, 6) is 1.13. The number of hydrogen-bond acceptors (Lipinski definition) is 2. The van der Waals surface area contributed by atoms with E-state index in [4.69, 9.17) is 16.2 Å². The Hall–Kier alpha value is -0.570. The van der Waals surface area contributed by atoms with E-state index in [2.05, 4.69) is 13.8 Å². The van der Waals surface area contributed by atoms with Crippen LogP contribution in [0.25, 0.3) is 0 Å². The van der Waals surface area contributed by atoms with E-state index in [0.717, 1.165) is 12.8 Å². The second-order valence-corrected chi connectivity index (χ2v) is 3.60. The normalized spacial score (nSPS) is 13.3. The molecule has 1 unspecified atom stereocenters. The molecule has 0 radical (unpaired) electrons. The van der Waals surface area contributed by atoms with Crippen molar-refractivity contribution in [3.63, 3.8) is 0 Å². The molecule has 0 saturated carbocycles. The smallest absolute Gasteiger partial charge is 0.0905 e. The minimum absolute atomic E-state index is 0.246. The summed E-state index contributed by atoms with van der Waals surface area (Å²) >= 11 is 0. The Balaban J connectivity index is 3.51. The van der Waals surface area contributed by atoms with Crippen LogP contribution in [-0.4, -0.2) is 17.5 Å². The molecule has 4 N–H and O–H groups in total. The maximum atomic E-state index is 8.98. The Labute approximate surface area is 74.5 Å². The fourth-order valence-corrected chi connectivity index (χ4v) is 1.19. The molecule has 0 aliphatic carbocycles. The van der Waals surface area contributed by atoms with E-state index in [1.54, 1.807) is 0 Å². The number of amidine groups is 1. The van der Waals surface area contributed by atoms with Crippen LogP contribution < -0.4 is 5.73 Å². The Bertz CT molecular complexity index is 134. The average molecular weight is 172 g/mol. The van der Waals surface area contributed by atoms with Crippen molar-refractivity contribution in [2.24, 2.45) is 17.6 Å². The SMILES string of the molecule is CC(C)C(CO)CCCC(=N)N. The van der Waals surface area contributed by atoms with E-state index in [9.17, 15) is 0 Å². The first-order chi connectivity index (χ1) is 5.57. The zero-order valence-corrected chi connectivity index (χ0v) is 8.01. The van der Waals surface area contributed by atoms with Crippen molar-refractivity contribution in [1.29, 1.82) is 5.41 Å². The van der Waals surface area contributed by atoms with E-state index < -0.39 is 0 Å². The predicted molar refractivity (Wildman–Crippen MR) is 51.2 cm³/mol. The maximum Gasteiger partial charge on any atom is 0.0905 e. The fraction of sp³-hybridized carbons (Fsp3) is 0.889. The van der Waals surface area contributed by atoms with Gasteiger partial charge in [0.15, 0.2) is 0 Å². The minimum atomic E-state index is 0.246. The summed E-state index contributed by atoms with van der Waals surface area (Å²) in [7, 11) is 0. The molecule has 3 nitrogen and oxygen atoms in total. The van der Waals surface area contributed by atoms with Crippen LogP contribution in [0, 0.1) is 17.2 Å². The lowest BCUT2D eigenvalue weighted by atomic mass is 9.91. The third-order valence-corrected chi connectivity index (χ3v) is 2.20. The zero-order chi connectivity index (χ0) is 9.56. The molecule has 0 aromatic carbocycles. The lowest BCUT2D eigenvalue weighted by molar-refractivity contribution is 0.179. The van der Waals surface area contributed by atoms with Crippen molar-refractivity contribution in [1.82, 2.24) is 0 Å². The van der Waals surface area contributed by atoms with Crippen LogP contribution in [0.4, 0.5) is 0 Å². The van der Waals surface area contributed by atoms with Crippen molar-refractivity contribution < 1.29 is 5.11 Å². The molecule has 0 saturated heterocycles. The molecule has 0 spiro atoms. The molecule has 72 valence electrons. The Morgan fingerprint density at radius 1 is 1.50 bits per heavy atom. The van der Waals surface area contributed by atoms with Crippen molar-refractivity contribution >= 4 is 5.84 Å². The summed E-state index contributed by atoms with van der Waals surface area (Å²) in [5, 5.41) is 16.0. The van der Waals surface area contributed by atoms with Crippen LogP contribution in [0.5, 0.6) is 0 Å². The van der Waals surface area contributed by atoms with Gasteiger partial charge in [-0.05, 0) is 24.7 Å². The van der Waals surface area contributed by atoms with Crippen LogP contribution in [0.1, 0.15) is 33.1 Å². The van der Waals surface area contributed by atoms with Crippen LogP contribution >= 0.6 is 0 Å². The van der Waals surface area contributed by atoms with Crippen molar-refractivity contribution in [3.05, 3.63) is 0 Å². The highest BCUT2D eigenvalue weighted by atomic mass is 16.3. The largest absolute Gasteiger partial charge is 0.396 e. The highest BCUT2D eigenvalue weighted by Gasteiger charge is 2.11. The van der Waals surface area contributed by atoms with Gasteiger partial charge in [-0.2, -0.15) is 0 Å². The number of hydrogen-bond donors (Lipinski definition) is 3. The molecule has 0 amide bonds. The molecule has 0 fully saturated rings. The third-order valence-electron chi connectivity index (χ3n) is 2.20. The molecule has 0 heterocycles. The number of nitrogens with two attached hydrogens (primary N) is 1. The Morgan fingerprint density at radius 3 is 2.42 bits per heavy atom. The van der Waals surface area contributed by atoms with Crippen LogP contribution in [0.15, 0.2) is 0 Å². The second kappa shape index (κ2) is 6.00. The van der Waals surface area contributed by atoms with Crippen LogP contribution in [0.3, 0.4) is 0 Å². The number of rotatable bonds is 6. The summed E-state index contributed by atoms with van der Waals surface area (Å²) in [6.45, 7) is 4.46. The van der Waals surface area contributed by atoms with Crippen LogP contribution in [-0.2, 0) is 0 Å². The standard InChI is InChI=1S/C9H20N2O/c1-7(2)8(6-12)4-3-5-9(10)11/h7-8,12H,3-6H2,1-2H3,(H3,10,11). The van der Waals surface area contributed by atoms with Gasteiger partial charge in [0.2, 0.25) is 0 Å². The molecule has 3 heteroatoms. The number of nitrogens with one attached hydrogen (secondary N) is 1. The van der Waals surface area contributed by atoms with Gasteiger partial charge in [-0.3, -0.25) is 5.41 Å². The van der Waals surface area contributed by atoms with Gasteiger partial charge in [-0.1, -0.05) is 13.8 Å². The number of aliphatic hydroxyl groups is 1. The van der Waals surface area contributed by atoms with Crippen molar-refractivity contribution in [2.75, 3.05) is 6.61 Å². The maximum absolute atomic E-state index is 8.98. The zero-order valence-electron chi connectivity index (χ0n) is 8.01. The van der Waals surface area contributed by atoms with Crippen molar-refractivity contribution in [2.45, 2.75) is 33.1 Å². The van der Waals surface area contributed by atoms with Gasteiger partial charge in [0, 0.05) is 13.0 Å². The molecular weight excluding hydrogens is 152 g/mol. The Morgan fingerprint density at radius 2 is 2.08 bits per heavy atom. The lowest BCUT2D eigenvalue weighted by Gasteiger charge is -2.17. The first kappa shape index (κ1) is 11.4. The number of aliphatic hydroxyl groups excluding tert-OH is 1. The van der Waals surface area contributed by atoms with Gasteiger partial charge >= 0.3 is 0 Å². The quantitative estimate of drug-likeness (QED) is 0.418. The summed E-state index contributed by atoms with van der Waals surface area (Å²) in [6.07, 6.45) is 2.54. The van der Waals surface area contributed by atoms with Gasteiger partial charge in [0.25, 0.3) is 0 Å². The molecule has 0 aliphatic heterocycles. The third kappa shape index (κ3) is 5.13. The summed E-state index contributed by atoms with van der Waals surface area (Å²) in [4.78, 5) is 0. The molecule has 0 rings (SSSR count). The van der Waals surface area contributed by atoms with E-state index >= 15 is 0 Å². The van der Waals surface area contributed by atoms with Gasteiger partial charge in [0.05, 0.1) is 5.84 Å². The molecule has 1 atom stereocenters. The van der Waals surface area contributed by atoms with E-state index in [-0.39, 0.29) is 12.4 Å². The molecule has 0 aromatic rings. The first-order valence-electron chi connectivity index (χ1n) is 4.51. The summed E-state index contributed by atoms with van der Waals surface area (Å²) < 4.78 is 0. The van der Waals surface area contributed by atoms with E-state index in [0.29, 0.717) is 18.3 Å². The first-order valence-corrected chi connectivity index (χ1v) is 4.51. The summed E-state index contributed by atoms with van der Waals surface area (Å²) in [6, 6.07) is 0.